The molecule has 4 rings (SSSR count). The lowest BCUT2D eigenvalue weighted by Crippen LogP contribution is -2.43. The Morgan fingerprint density at radius 1 is 1.33 bits per heavy atom. The minimum Gasteiger partial charge on any atom is -0.464 e. The van der Waals surface area contributed by atoms with E-state index in [1.807, 2.05) is 10.8 Å². The quantitative estimate of drug-likeness (QED) is 0.736. The van der Waals surface area contributed by atoms with Crippen molar-refractivity contribution in [3.05, 3.63) is 36.8 Å². The van der Waals surface area contributed by atoms with Gasteiger partial charge in [-0.2, -0.15) is 0 Å². The number of ether oxygens (including phenoxy) is 2. The number of hydrogen-bond donors (Lipinski definition) is 0. The number of nitrogens with zero attached hydrogens (tertiary/aromatic N) is 5. The molecule has 0 bridgehead atoms. The average molecular weight is 371 g/mol. The summed E-state index contributed by atoms with van der Waals surface area (Å²) in [6.07, 6.45) is 10.4. The Labute approximate surface area is 156 Å². The molecule has 1 atom stereocenters. The maximum Gasteiger partial charge on any atom is 0.358 e. The van der Waals surface area contributed by atoms with Gasteiger partial charge in [0.25, 0.3) is 0 Å². The van der Waals surface area contributed by atoms with Crippen LogP contribution >= 0.6 is 0 Å². The van der Waals surface area contributed by atoms with Crippen LogP contribution in [0.5, 0.6) is 0 Å². The van der Waals surface area contributed by atoms with Crippen LogP contribution in [0.3, 0.4) is 0 Å². The molecule has 0 amide bonds. The second-order valence-corrected chi connectivity index (χ2v) is 7.01. The van der Waals surface area contributed by atoms with Crippen LogP contribution in [0.15, 0.2) is 31.1 Å². The van der Waals surface area contributed by atoms with Gasteiger partial charge in [0.05, 0.1) is 37.8 Å². The van der Waals surface area contributed by atoms with E-state index in [2.05, 4.69) is 24.6 Å². The van der Waals surface area contributed by atoms with Crippen LogP contribution < -0.4 is 4.90 Å². The van der Waals surface area contributed by atoms with Crippen LogP contribution in [0.4, 0.5) is 5.82 Å². The van der Waals surface area contributed by atoms with Crippen molar-refractivity contribution in [2.45, 2.75) is 31.9 Å². The first-order chi connectivity index (χ1) is 13.1. The first-order valence-electron chi connectivity index (χ1n) is 8.92. The van der Waals surface area contributed by atoms with E-state index >= 15 is 0 Å². The molecule has 9 nitrogen and oxygen atoms in total. The van der Waals surface area contributed by atoms with E-state index in [4.69, 9.17) is 4.74 Å². The Kier molecular flexibility index (Phi) is 4.51. The maximum absolute atomic E-state index is 12.5. The predicted octanol–water partition coefficient (Wildman–Crippen LogP) is 1.06. The first-order valence-corrected chi connectivity index (χ1v) is 8.92. The van der Waals surface area contributed by atoms with Gasteiger partial charge in [-0.1, -0.05) is 0 Å². The predicted molar refractivity (Wildman–Crippen MR) is 94.0 cm³/mol. The minimum atomic E-state index is -0.510. The molecule has 0 aromatic carbocycles. The summed E-state index contributed by atoms with van der Waals surface area (Å²) >= 11 is 0. The monoisotopic (exact) mass is 371 g/mol. The molecule has 2 saturated heterocycles. The molecule has 2 aromatic rings. The van der Waals surface area contributed by atoms with Crippen LogP contribution in [0.2, 0.25) is 0 Å². The molecule has 4 heterocycles. The number of cyclic esters (lactones) is 1. The van der Waals surface area contributed by atoms with Crippen molar-refractivity contribution < 1.29 is 19.1 Å². The molecule has 1 spiro atoms. The van der Waals surface area contributed by atoms with Crippen molar-refractivity contribution in [2.24, 2.45) is 5.41 Å². The lowest BCUT2D eigenvalue weighted by molar-refractivity contribution is -0.150. The summed E-state index contributed by atoms with van der Waals surface area (Å²) in [6, 6.07) is 0. The maximum atomic E-state index is 12.5. The summed E-state index contributed by atoms with van der Waals surface area (Å²) in [5.41, 5.74) is -0.238. The van der Waals surface area contributed by atoms with Crippen LogP contribution in [-0.4, -0.2) is 57.8 Å². The molecule has 0 radical (unpaired) electrons. The largest absolute Gasteiger partial charge is 0.464 e. The highest BCUT2D eigenvalue weighted by atomic mass is 16.6. The van der Waals surface area contributed by atoms with Crippen LogP contribution in [0.25, 0.3) is 0 Å². The lowest BCUT2D eigenvalue weighted by atomic mass is 9.76. The zero-order chi connectivity index (χ0) is 18.9. The molecule has 142 valence electrons. The molecular formula is C18H21N5O4. The molecule has 0 saturated carbocycles. The molecule has 1 unspecified atom stereocenters. The number of imidazole rings is 1. The van der Waals surface area contributed by atoms with Crippen LogP contribution in [-0.2, 0) is 20.8 Å². The minimum absolute atomic E-state index is 0.0978. The number of carbonyl (C=O) groups is 2. The fourth-order valence-electron chi connectivity index (χ4n) is 3.84. The highest BCUT2D eigenvalue weighted by Crippen LogP contribution is 2.43. The first kappa shape index (κ1) is 17.4. The third-order valence-corrected chi connectivity index (χ3v) is 5.38. The summed E-state index contributed by atoms with van der Waals surface area (Å²) in [5.74, 6) is 0.0857. The van der Waals surface area contributed by atoms with Gasteiger partial charge in [0.2, 0.25) is 0 Å². The Morgan fingerprint density at radius 2 is 2.15 bits per heavy atom. The second-order valence-electron chi connectivity index (χ2n) is 7.01. The van der Waals surface area contributed by atoms with Gasteiger partial charge in [-0.25, -0.2) is 19.7 Å². The fourth-order valence-corrected chi connectivity index (χ4v) is 3.84. The van der Waals surface area contributed by atoms with Crippen molar-refractivity contribution in [1.29, 1.82) is 0 Å². The number of esters is 2. The van der Waals surface area contributed by atoms with E-state index in [-0.39, 0.29) is 17.8 Å². The van der Waals surface area contributed by atoms with E-state index in [1.165, 1.54) is 13.3 Å². The molecule has 27 heavy (non-hydrogen) atoms. The average Bonchev–Trinajstić information content (AvgIpc) is 3.30. The van der Waals surface area contributed by atoms with Crippen LogP contribution in [0, 0.1) is 5.41 Å². The Balaban J connectivity index is 1.38. The van der Waals surface area contributed by atoms with Crippen molar-refractivity contribution in [1.82, 2.24) is 19.5 Å². The topological polar surface area (TPSA) is 99.4 Å². The van der Waals surface area contributed by atoms with Gasteiger partial charge in [-0.15, -0.1) is 0 Å². The number of anilines is 1. The number of rotatable bonds is 4. The van der Waals surface area contributed by atoms with Gasteiger partial charge >= 0.3 is 11.9 Å². The van der Waals surface area contributed by atoms with Gasteiger partial charge in [0.1, 0.15) is 11.9 Å². The summed E-state index contributed by atoms with van der Waals surface area (Å²) in [5, 5.41) is 0. The summed E-state index contributed by atoms with van der Waals surface area (Å²) in [7, 11) is 1.31. The number of hydrogen-bond acceptors (Lipinski definition) is 8. The number of piperidine rings is 1. The third-order valence-electron chi connectivity index (χ3n) is 5.38. The van der Waals surface area contributed by atoms with Gasteiger partial charge in [0, 0.05) is 31.9 Å². The second kappa shape index (κ2) is 6.98. The summed E-state index contributed by atoms with van der Waals surface area (Å²) in [6.45, 7) is 2.02. The number of aromatic nitrogens is 4. The van der Waals surface area contributed by atoms with Crippen LogP contribution in [0.1, 0.15) is 29.8 Å². The van der Waals surface area contributed by atoms with Crippen molar-refractivity contribution >= 4 is 17.8 Å². The Morgan fingerprint density at radius 3 is 2.78 bits per heavy atom. The molecule has 0 N–H and O–H groups in total. The number of carbonyl (C=O) groups excluding carboxylic acids is 2. The molecule has 9 heteroatoms. The molecular weight excluding hydrogens is 350 g/mol. The van der Waals surface area contributed by atoms with E-state index in [0.717, 1.165) is 6.42 Å². The normalized spacial score (nSPS) is 21.3. The van der Waals surface area contributed by atoms with E-state index in [0.29, 0.717) is 38.3 Å². The van der Waals surface area contributed by atoms with E-state index in [1.54, 1.807) is 18.7 Å². The number of methoxy groups -OCH3 is 1. The van der Waals surface area contributed by atoms with E-state index < -0.39 is 11.4 Å². The molecule has 2 aliphatic rings. The highest BCUT2D eigenvalue weighted by molar-refractivity contribution is 5.86. The standard InChI is InChI=1S/C18H21N5O4/c1-26-16(24)14-9-21-15(10-20-14)23-5-2-18(3-6-23)8-13(27-17(18)25)11-22-7-4-19-12-22/h4,7,9-10,12-13H,2-3,5-6,8,11H2,1H3. The van der Waals surface area contributed by atoms with Gasteiger partial charge in [0.15, 0.2) is 5.69 Å². The molecule has 0 aliphatic carbocycles. The van der Waals surface area contributed by atoms with Gasteiger partial charge < -0.3 is 18.9 Å². The zero-order valence-electron chi connectivity index (χ0n) is 15.1. The van der Waals surface area contributed by atoms with Gasteiger partial charge in [-0.3, -0.25) is 4.79 Å². The Bertz CT molecular complexity index is 813. The molecule has 2 aliphatic heterocycles. The SMILES string of the molecule is COC(=O)c1cnc(N2CCC3(CC2)CC(Cn2ccnc2)OC3=O)cn1. The highest BCUT2D eigenvalue weighted by Gasteiger charge is 2.50. The smallest absolute Gasteiger partial charge is 0.358 e. The van der Waals surface area contributed by atoms with Gasteiger partial charge in [-0.05, 0) is 12.8 Å². The van der Waals surface area contributed by atoms with Crippen molar-refractivity contribution in [3.8, 4) is 0 Å². The summed E-state index contributed by atoms with van der Waals surface area (Å²) in [4.78, 5) is 38.5. The Hall–Kier alpha value is -2.97. The lowest BCUT2D eigenvalue weighted by Gasteiger charge is -2.37. The van der Waals surface area contributed by atoms with E-state index in [9.17, 15) is 9.59 Å². The van der Waals surface area contributed by atoms with Crippen molar-refractivity contribution in [2.75, 3.05) is 25.1 Å². The fraction of sp³-hybridized carbons (Fsp3) is 0.500. The summed E-state index contributed by atoms with van der Waals surface area (Å²) < 4.78 is 12.2. The van der Waals surface area contributed by atoms with Crippen molar-refractivity contribution in [3.63, 3.8) is 0 Å². The third kappa shape index (κ3) is 3.36. The molecule has 2 fully saturated rings. The zero-order valence-corrected chi connectivity index (χ0v) is 15.1. The molecule has 2 aromatic heterocycles.